The van der Waals surface area contributed by atoms with Crippen molar-refractivity contribution in [3.63, 3.8) is 0 Å². The van der Waals surface area contributed by atoms with E-state index in [1.165, 1.54) is 0 Å². The number of halogens is 1. The minimum absolute atomic E-state index is 0.0864. The molecule has 96 valence electrons. The molecule has 0 atom stereocenters. The predicted octanol–water partition coefficient (Wildman–Crippen LogP) is 2.28. The Morgan fingerprint density at radius 3 is 2.89 bits per heavy atom. The fraction of sp³-hybridized carbons (Fsp3) is 0.308. The van der Waals surface area contributed by atoms with Crippen LogP contribution in [0, 0.1) is 0 Å². The molecular weight excluding hydrogens is 252 g/mol. The van der Waals surface area contributed by atoms with Gasteiger partial charge in [-0.15, -0.1) is 0 Å². The number of aliphatic hydroxyl groups excluding tert-OH is 1. The van der Waals surface area contributed by atoms with Crippen molar-refractivity contribution in [2.24, 2.45) is 7.05 Å². The normalized spacial score (nSPS) is 10.7. The zero-order valence-electron chi connectivity index (χ0n) is 10.4. The van der Waals surface area contributed by atoms with Gasteiger partial charge in [0, 0.05) is 31.3 Å². The van der Waals surface area contributed by atoms with Crippen LogP contribution >= 0.6 is 11.6 Å². The fourth-order valence-electron chi connectivity index (χ4n) is 1.87. The summed E-state index contributed by atoms with van der Waals surface area (Å²) >= 11 is 6.01. The van der Waals surface area contributed by atoms with Crippen LogP contribution in [0.4, 0.5) is 0 Å². The molecule has 0 aliphatic carbocycles. The molecule has 1 aromatic heterocycles. The average Bonchev–Trinajstić information content (AvgIpc) is 2.70. The van der Waals surface area contributed by atoms with E-state index in [0.29, 0.717) is 11.4 Å². The van der Waals surface area contributed by atoms with E-state index < -0.39 is 0 Å². The van der Waals surface area contributed by atoms with Crippen LogP contribution in [-0.2, 0) is 13.5 Å². The highest BCUT2D eigenvalue weighted by molar-refractivity contribution is 6.30. The second-order valence-electron chi connectivity index (χ2n) is 3.98. The number of imidazole rings is 1. The Bertz CT molecular complexity index is 552. The number of rotatable bonds is 4. The number of aliphatic hydroxyl groups is 1. The monoisotopic (exact) mass is 266 g/mol. The summed E-state index contributed by atoms with van der Waals surface area (Å²) < 4.78 is 7.22. The molecule has 1 N–H and O–H groups in total. The van der Waals surface area contributed by atoms with Crippen molar-refractivity contribution in [1.29, 1.82) is 0 Å². The van der Waals surface area contributed by atoms with Crippen molar-refractivity contribution in [2.45, 2.75) is 6.42 Å². The van der Waals surface area contributed by atoms with Crippen molar-refractivity contribution < 1.29 is 9.84 Å². The third-order valence-electron chi connectivity index (χ3n) is 2.70. The Morgan fingerprint density at radius 1 is 1.44 bits per heavy atom. The molecule has 0 spiro atoms. The maximum atomic E-state index is 8.94. The van der Waals surface area contributed by atoms with Crippen LogP contribution in [0.5, 0.6) is 5.75 Å². The molecule has 0 saturated carbocycles. The zero-order chi connectivity index (χ0) is 13.1. The van der Waals surface area contributed by atoms with Crippen molar-refractivity contribution >= 4 is 11.6 Å². The maximum absolute atomic E-state index is 8.94. The fourth-order valence-corrected chi connectivity index (χ4v) is 2.04. The van der Waals surface area contributed by atoms with Gasteiger partial charge in [-0.25, -0.2) is 4.98 Å². The lowest BCUT2D eigenvalue weighted by atomic mass is 10.2. The van der Waals surface area contributed by atoms with Crippen molar-refractivity contribution in [3.8, 4) is 17.1 Å². The van der Waals surface area contributed by atoms with Crippen molar-refractivity contribution in [3.05, 3.63) is 35.1 Å². The van der Waals surface area contributed by atoms with Crippen LogP contribution in [-0.4, -0.2) is 28.4 Å². The summed E-state index contributed by atoms with van der Waals surface area (Å²) in [5.41, 5.74) is 1.69. The van der Waals surface area contributed by atoms with E-state index in [9.17, 15) is 0 Å². The first-order valence-electron chi connectivity index (χ1n) is 5.62. The summed E-state index contributed by atoms with van der Waals surface area (Å²) in [4.78, 5) is 4.48. The zero-order valence-corrected chi connectivity index (χ0v) is 11.1. The first-order valence-corrected chi connectivity index (χ1v) is 6.00. The topological polar surface area (TPSA) is 47.3 Å². The largest absolute Gasteiger partial charge is 0.496 e. The molecule has 0 fully saturated rings. The van der Waals surface area contributed by atoms with E-state index in [4.69, 9.17) is 21.4 Å². The second kappa shape index (κ2) is 5.42. The molecule has 18 heavy (non-hydrogen) atoms. The first-order chi connectivity index (χ1) is 8.65. The highest BCUT2D eigenvalue weighted by Gasteiger charge is 2.13. The van der Waals surface area contributed by atoms with Crippen LogP contribution in [0.1, 0.15) is 5.69 Å². The Hall–Kier alpha value is -1.52. The molecular formula is C13H15ClN2O2. The molecule has 5 heteroatoms. The van der Waals surface area contributed by atoms with Gasteiger partial charge in [0.25, 0.3) is 0 Å². The van der Waals surface area contributed by atoms with Crippen LogP contribution in [0.15, 0.2) is 24.4 Å². The molecule has 0 aliphatic heterocycles. The van der Waals surface area contributed by atoms with E-state index in [1.54, 1.807) is 13.2 Å². The van der Waals surface area contributed by atoms with Gasteiger partial charge in [0.15, 0.2) is 0 Å². The molecule has 0 aliphatic rings. The van der Waals surface area contributed by atoms with E-state index in [0.717, 1.165) is 22.8 Å². The SMILES string of the molecule is COc1ccc(Cl)cc1-c1nc(CCO)cn1C. The maximum Gasteiger partial charge on any atom is 0.143 e. The summed E-state index contributed by atoms with van der Waals surface area (Å²) in [7, 11) is 3.52. The van der Waals surface area contributed by atoms with Gasteiger partial charge in [0.05, 0.1) is 18.4 Å². The van der Waals surface area contributed by atoms with Crippen LogP contribution < -0.4 is 4.74 Å². The number of benzene rings is 1. The molecule has 2 rings (SSSR count). The Morgan fingerprint density at radius 2 is 2.22 bits per heavy atom. The minimum Gasteiger partial charge on any atom is -0.496 e. The molecule has 4 nitrogen and oxygen atoms in total. The predicted molar refractivity (Wildman–Crippen MR) is 71.0 cm³/mol. The highest BCUT2D eigenvalue weighted by atomic mass is 35.5. The average molecular weight is 267 g/mol. The summed E-state index contributed by atoms with van der Waals surface area (Å²) in [6.45, 7) is 0.0864. The standard InChI is InChI=1S/C13H15ClN2O2/c1-16-8-10(5-6-17)15-13(16)11-7-9(14)3-4-12(11)18-2/h3-4,7-8,17H,5-6H2,1-2H3. The minimum atomic E-state index is 0.0864. The van der Waals surface area contributed by atoms with Gasteiger partial charge < -0.3 is 14.4 Å². The third-order valence-corrected chi connectivity index (χ3v) is 2.93. The number of aromatic nitrogens is 2. The molecule has 0 unspecified atom stereocenters. The van der Waals surface area contributed by atoms with E-state index >= 15 is 0 Å². The number of hydrogen-bond donors (Lipinski definition) is 1. The van der Waals surface area contributed by atoms with Gasteiger partial charge in [-0.1, -0.05) is 11.6 Å². The van der Waals surface area contributed by atoms with E-state index in [1.807, 2.05) is 29.9 Å². The molecule has 2 aromatic rings. The lowest BCUT2D eigenvalue weighted by Crippen LogP contribution is -1.95. The molecule has 1 aromatic carbocycles. The van der Waals surface area contributed by atoms with Gasteiger partial charge in [0.2, 0.25) is 0 Å². The number of aryl methyl sites for hydroxylation is 1. The number of hydrogen-bond acceptors (Lipinski definition) is 3. The quantitative estimate of drug-likeness (QED) is 0.924. The van der Waals surface area contributed by atoms with Crippen LogP contribution in [0.3, 0.4) is 0 Å². The van der Waals surface area contributed by atoms with Gasteiger partial charge >= 0.3 is 0 Å². The smallest absolute Gasteiger partial charge is 0.143 e. The molecule has 0 bridgehead atoms. The van der Waals surface area contributed by atoms with E-state index in [2.05, 4.69) is 4.98 Å². The highest BCUT2D eigenvalue weighted by Crippen LogP contribution is 2.31. The number of ether oxygens (including phenoxy) is 1. The lowest BCUT2D eigenvalue weighted by Gasteiger charge is -2.08. The molecule has 0 radical (unpaired) electrons. The Labute approximate surface area is 111 Å². The van der Waals surface area contributed by atoms with Crippen molar-refractivity contribution in [2.75, 3.05) is 13.7 Å². The van der Waals surface area contributed by atoms with Gasteiger partial charge in [-0.2, -0.15) is 0 Å². The summed E-state index contributed by atoms with van der Waals surface area (Å²) in [6.07, 6.45) is 2.43. The number of methoxy groups -OCH3 is 1. The molecule has 0 saturated heterocycles. The van der Waals surface area contributed by atoms with Gasteiger partial charge in [-0.05, 0) is 18.2 Å². The van der Waals surface area contributed by atoms with Crippen molar-refractivity contribution in [1.82, 2.24) is 9.55 Å². The van der Waals surface area contributed by atoms with Gasteiger partial charge in [0.1, 0.15) is 11.6 Å². The van der Waals surface area contributed by atoms with E-state index in [-0.39, 0.29) is 6.61 Å². The van der Waals surface area contributed by atoms with Crippen LogP contribution in [0.25, 0.3) is 11.4 Å². The Balaban J connectivity index is 2.50. The molecule has 0 amide bonds. The second-order valence-corrected chi connectivity index (χ2v) is 4.42. The number of nitrogens with zero attached hydrogens (tertiary/aromatic N) is 2. The first kappa shape index (κ1) is 12.9. The lowest BCUT2D eigenvalue weighted by molar-refractivity contribution is 0.298. The summed E-state index contributed by atoms with van der Waals surface area (Å²) in [6, 6.07) is 5.42. The van der Waals surface area contributed by atoms with Crippen LogP contribution in [0.2, 0.25) is 5.02 Å². The summed E-state index contributed by atoms with van der Waals surface area (Å²) in [5, 5.41) is 9.58. The Kier molecular flexibility index (Phi) is 3.89. The third kappa shape index (κ3) is 2.49. The summed E-state index contributed by atoms with van der Waals surface area (Å²) in [5.74, 6) is 1.50. The van der Waals surface area contributed by atoms with Gasteiger partial charge in [-0.3, -0.25) is 0 Å². The molecule has 1 heterocycles.